The Labute approximate surface area is 109 Å². The third-order valence-corrected chi connectivity index (χ3v) is 2.32. The summed E-state index contributed by atoms with van der Waals surface area (Å²) in [5.74, 6) is 9.11. The van der Waals surface area contributed by atoms with Crippen molar-refractivity contribution < 1.29 is 15.0 Å². The highest BCUT2D eigenvalue weighted by Gasteiger charge is 2.04. The molecule has 0 amide bonds. The van der Waals surface area contributed by atoms with Crippen LogP contribution in [0.25, 0.3) is 0 Å². The second-order valence-electron chi connectivity index (χ2n) is 3.99. The van der Waals surface area contributed by atoms with Crippen molar-refractivity contribution in [2.45, 2.75) is 45.1 Å². The van der Waals surface area contributed by atoms with Crippen LogP contribution in [0.5, 0.6) is 0 Å². The SMILES string of the molecule is C=C[C@H](C#CC#C[C@H](O)CCCCC)CC(=O)O. The summed E-state index contributed by atoms with van der Waals surface area (Å²) in [6.07, 6.45) is 4.57. The predicted molar refractivity (Wildman–Crippen MR) is 71.6 cm³/mol. The first-order valence-corrected chi connectivity index (χ1v) is 6.13. The molecule has 3 heteroatoms. The van der Waals surface area contributed by atoms with E-state index in [1.165, 1.54) is 6.08 Å². The maximum absolute atomic E-state index is 10.5. The van der Waals surface area contributed by atoms with Crippen LogP contribution in [0.1, 0.15) is 39.0 Å². The minimum atomic E-state index is -0.915. The molecule has 0 aliphatic rings. The average Bonchev–Trinajstić information content (AvgIpc) is 2.33. The van der Waals surface area contributed by atoms with Gasteiger partial charge in [0.25, 0.3) is 0 Å². The molecule has 0 aromatic heterocycles. The van der Waals surface area contributed by atoms with Crippen LogP contribution in [0.2, 0.25) is 0 Å². The second-order valence-corrected chi connectivity index (χ2v) is 3.99. The van der Waals surface area contributed by atoms with E-state index in [9.17, 15) is 9.90 Å². The fourth-order valence-corrected chi connectivity index (χ4v) is 1.29. The van der Waals surface area contributed by atoms with Gasteiger partial charge in [-0.25, -0.2) is 0 Å². The number of carboxylic acid groups (broad SMARTS) is 1. The summed E-state index contributed by atoms with van der Waals surface area (Å²) in [5, 5.41) is 18.1. The van der Waals surface area contributed by atoms with E-state index < -0.39 is 18.0 Å². The van der Waals surface area contributed by atoms with Gasteiger partial charge in [0.15, 0.2) is 0 Å². The molecule has 0 heterocycles. The maximum Gasteiger partial charge on any atom is 0.304 e. The lowest BCUT2D eigenvalue weighted by atomic mass is 10.1. The summed E-state index contributed by atoms with van der Waals surface area (Å²) in [5.41, 5.74) is 0. The molecule has 0 aliphatic heterocycles. The van der Waals surface area contributed by atoms with E-state index in [0.717, 1.165) is 19.3 Å². The van der Waals surface area contributed by atoms with Gasteiger partial charge < -0.3 is 10.2 Å². The largest absolute Gasteiger partial charge is 0.481 e. The lowest BCUT2D eigenvalue weighted by Gasteiger charge is -2.00. The van der Waals surface area contributed by atoms with Gasteiger partial charge in [0, 0.05) is 5.92 Å². The summed E-state index contributed by atoms with van der Waals surface area (Å²) in [6, 6.07) is 0. The first-order valence-electron chi connectivity index (χ1n) is 6.13. The van der Waals surface area contributed by atoms with Crippen molar-refractivity contribution in [1.29, 1.82) is 0 Å². The molecule has 98 valence electrons. The van der Waals surface area contributed by atoms with E-state index in [-0.39, 0.29) is 6.42 Å². The Bertz CT molecular complexity index is 376. The molecule has 0 radical (unpaired) electrons. The van der Waals surface area contributed by atoms with Crippen molar-refractivity contribution in [3.63, 3.8) is 0 Å². The topological polar surface area (TPSA) is 57.5 Å². The van der Waals surface area contributed by atoms with Gasteiger partial charge in [-0.1, -0.05) is 37.7 Å². The Morgan fingerprint density at radius 2 is 2.00 bits per heavy atom. The smallest absolute Gasteiger partial charge is 0.304 e. The van der Waals surface area contributed by atoms with Crippen molar-refractivity contribution in [2.75, 3.05) is 0 Å². The van der Waals surface area contributed by atoms with Crippen molar-refractivity contribution >= 4 is 5.97 Å². The number of allylic oxidation sites excluding steroid dienone is 1. The molecule has 0 aromatic carbocycles. The molecule has 0 aromatic rings. The van der Waals surface area contributed by atoms with Crippen molar-refractivity contribution in [3.8, 4) is 23.7 Å². The number of carbonyl (C=O) groups is 1. The number of rotatable bonds is 7. The molecule has 0 rings (SSSR count). The molecule has 0 spiro atoms. The number of hydrogen-bond donors (Lipinski definition) is 2. The summed E-state index contributed by atoms with van der Waals surface area (Å²) in [4.78, 5) is 10.5. The van der Waals surface area contributed by atoms with Crippen LogP contribution in [0, 0.1) is 29.6 Å². The summed E-state index contributed by atoms with van der Waals surface area (Å²) >= 11 is 0. The van der Waals surface area contributed by atoms with Gasteiger partial charge in [0.1, 0.15) is 6.10 Å². The van der Waals surface area contributed by atoms with Crippen LogP contribution in [0.4, 0.5) is 0 Å². The Morgan fingerprint density at radius 3 is 2.56 bits per heavy atom. The van der Waals surface area contributed by atoms with Gasteiger partial charge >= 0.3 is 5.97 Å². The van der Waals surface area contributed by atoms with Crippen LogP contribution in [0.3, 0.4) is 0 Å². The molecule has 0 bridgehead atoms. The fraction of sp³-hybridized carbons (Fsp3) is 0.533. The Morgan fingerprint density at radius 1 is 1.33 bits per heavy atom. The van der Waals surface area contributed by atoms with Gasteiger partial charge in [-0.15, -0.1) is 6.58 Å². The minimum Gasteiger partial charge on any atom is -0.481 e. The van der Waals surface area contributed by atoms with E-state index in [1.54, 1.807) is 0 Å². The lowest BCUT2D eigenvalue weighted by Crippen LogP contribution is -2.03. The zero-order chi connectivity index (χ0) is 13.8. The van der Waals surface area contributed by atoms with Gasteiger partial charge in [0.05, 0.1) is 6.42 Å². The van der Waals surface area contributed by atoms with Crippen molar-refractivity contribution in [3.05, 3.63) is 12.7 Å². The van der Waals surface area contributed by atoms with Gasteiger partial charge in [-0.2, -0.15) is 0 Å². The maximum atomic E-state index is 10.5. The monoisotopic (exact) mass is 248 g/mol. The van der Waals surface area contributed by atoms with E-state index >= 15 is 0 Å². The van der Waals surface area contributed by atoms with Crippen LogP contribution >= 0.6 is 0 Å². The Hall–Kier alpha value is -1.71. The van der Waals surface area contributed by atoms with Gasteiger partial charge in [-0.3, -0.25) is 4.79 Å². The molecular formula is C15H20O3. The van der Waals surface area contributed by atoms with Crippen molar-refractivity contribution in [2.24, 2.45) is 5.92 Å². The highest BCUT2D eigenvalue weighted by Crippen LogP contribution is 2.03. The molecule has 0 aliphatic carbocycles. The van der Waals surface area contributed by atoms with Crippen LogP contribution < -0.4 is 0 Å². The van der Waals surface area contributed by atoms with Crippen LogP contribution in [0.15, 0.2) is 12.7 Å². The molecule has 0 unspecified atom stereocenters. The highest BCUT2D eigenvalue weighted by atomic mass is 16.4. The van der Waals surface area contributed by atoms with Gasteiger partial charge in [0.2, 0.25) is 0 Å². The first-order chi connectivity index (χ1) is 8.60. The Kier molecular flexibility index (Phi) is 9.45. The molecule has 2 atom stereocenters. The highest BCUT2D eigenvalue weighted by molar-refractivity contribution is 5.68. The quantitative estimate of drug-likeness (QED) is 0.412. The lowest BCUT2D eigenvalue weighted by molar-refractivity contribution is -0.137. The van der Waals surface area contributed by atoms with E-state index in [4.69, 9.17) is 5.11 Å². The summed E-state index contributed by atoms with van der Waals surface area (Å²) in [7, 11) is 0. The van der Waals surface area contributed by atoms with Gasteiger partial charge in [-0.05, 0) is 24.7 Å². The zero-order valence-electron chi connectivity index (χ0n) is 10.8. The third-order valence-electron chi connectivity index (χ3n) is 2.32. The van der Waals surface area contributed by atoms with E-state index in [2.05, 4.69) is 37.2 Å². The fourth-order valence-electron chi connectivity index (χ4n) is 1.29. The Balaban J connectivity index is 4.13. The van der Waals surface area contributed by atoms with E-state index in [1.807, 2.05) is 0 Å². The standard InChI is InChI=1S/C15H20O3/c1-3-5-6-10-14(16)11-8-7-9-13(4-2)12-15(17)18/h4,13-14,16H,2-3,5-6,10,12H2,1H3,(H,17,18)/t13-,14-/m1/s1. The predicted octanol–water partition coefficient (Wildman–Crippen LogP) is 2.21. The molecule has 0 fully saturated rings. The van der Waals surface area contributed by atoms with Crippen LogP contribution in [-0.2, 0) is 4.79 Å². The number of aliphatic hydroxyl groups is 1. The molecule has 3 nitrogen and oxygen atoms in total. The number of aliphatic carboxylic acids is 1. The molecular weight excluding hydrogens is 228 g/mol. The molecule has 0 saturated carbocycles. The minimum absolute atomic E-state index is 0.0722. The average molecular weight is 248 g/mol. The first kappa shape index (κ1) is 16.3. The number of carboxylic acids is 1. The number of aliphatic hydroxyl groups excluding tert-OH is 1. The summed E-state index contributed by atoms with van der Waals surface area (Å²) in [6.45, 7) is 5.61. The molecule has 2 N–H and O–H groups in total. The molecule has 18 heavy (non-hydrogen) atoms. The normalized spacial score (nSPS) is 12.3. The zero-order valence-corrected chi connectivity index (χ0v) is 10.8. The third kappa shape index (κ3) is 9.51. The second kappa shape index (κ2) is 10.4. The van der Waals surface area contributed by atoms with Crippen molar-refractivity contribution in [1.82, 2.24) is 0 Å². The number of unbranched alkanes of at least 4 members (excludes halogenated alkanes) is 2. The van der Waals surface area contributed by atoms with Crippen LogP contribution in [-0.4, -0.2) is 22.3 Å². The summed E-state index contributed by atoms with van der Waals surface area (Å²) < 4.78 is 0. The molecule has 0 saturated heterocycles. The number of hydrogen-bond acceptors (Lipinski definition) is 2. The van der Waals surface area contributed by atoms with E-state index in [0.29, 0.717) is 6.42 Å².